The molecule has 0 bridgehead atoms. The molecule has 0 aromatic carbocycles. The largest absolute Gasteiger partial charge is 0.466 e. The monoisotopic (exact) mass is 438 g/mol. The molecular weight excluding hydrogens is 388 g/mol. The lowest BCUT2D eigenvalue weighted by atomic mass is 9.87. The minimum Gasteiger partial charge on any atom is -0.466 e. The molecule has 0 aromatic rings. The molecule has 0 heterocycles. The number of hydrogen-bond donors (Lipinski definition) is 0. The Kier molecular flexibility index (Phi) is 18.8. The third kappa shape index (κ3) is 18.2. The van der Waals surface area contributed by atoms with Crippen LogP contribution in [0.5, 0.6) is 0 Å². The summed E-state index contributed by atoms with van der Waals surface area (Å²) in [7, 11) is 0. The van der Waals surface area contributed by atoms with Crippen LogP contribution in [-0.2, 0) is 19.1 Å². The van der Waals surface area contributed by atoms with Crippen molar-refractivity contribution < 1.29 is 19.1 Å². The molecule has 0 saturated heterocycles. The van der Waals surface area contributed by atoms with Gasteiger partial charge in [0.2, 0.25) is 0 Å². The van der Waals surface area contributed by atoms with Crippen molar-refractivity contribution in [2.24, 2.45) is 5.92 Å². The number of unbranched alkanes of at least 4 members (excludes halogenated alkanes) is 12. The van der Waals surface area contributed by atoms with Crippen molar-refractivity contribution in [3.8, 4) is 0 Å². The number of rotatable bonds is 20. The van der Waals surface area contributed by atoms with Crippen molar-refractivity contribution in [1.29, 1.82) is 0 Å². The molecule has 1 saturated carbocycles. The number of carbonyl (C=O) groups excluding carboxylic acids is 2. The van der Waals surface area contributed by atoms with E-state index in [0.29, 0.717) is 19.1 Å². The molecule has 182 valence electrons. The summed E-state index contributed by atoms with van der Waals surface area (Å²) in [5.41, 5.74) is 0. The Balaban J connectivity index is 1.79. The van der Waals surface area contributed by atoms with Gasteiger partial charge in [-0.15, -0.1) is 0 Å². The van der Waals surface area contributed by atoms with Gasteiger partial charge in [0.25, 0.3) is 0 Å². The van der Waals surface area contributed by atoms with Crippen LogP contribution in [0.15, 0.2) is 0 Å². The van der Waals surface area contributed by atoms with Crippen LogP contribution in [0.2, 0.25) is 0 Å². The van der Waals surface area contributed by atoms with Gasteiger partial charge in [0.1, 0.15) is 0 Å². The minimum absolute atomic E-state index is 0.140. The number of ether oxygens (including phenoxy) is 2. The standard InChI is InChI=1S/C27H50O4/c1-2-3-4-5-6-7-8-9-10-11-12-13-17-23-30-26(28)20-21-27(29)31-24-22-25-18-15-14-16-19-25/h25H,2-24H2,1H3. The predicted octanol–water partition coefficient (Wildman–Crippen LogP) is 7.91. The second kappa shape index (κ2) is 20.8. The topological polar surface area (TPSA) is 52.6 Å². The zero-order valence-corrected chi connectivity index (χ0v) is 20.5. The van der Waals surface area contributed by atoms with Gasteiger partial charge in [-0.1, -0.05) is 116 Å². The maximum Gasteiger partial charge on any atom is 0.306 e. The van der Waals surface area contributed by atoms with Crippen LogP contribution in [0.4, 0.5) is 0 Å². The molecular formula is C27H50O4. The first kappa shape index (κ1) is 28.0. The fourth-order valence-corrected chi connectivity index (χ4v) is 4.47. The van der Waals surface area contributed by atoms with E-state index >= 15 is 0 Å². The Morgan fingerprint density at radius 3 is 1.58 bits per heavy atom. The molecule has 4 nitrogen and oxygen atoms in total. The van der Waals surface area contributed by atoms with Crippen LogP contribution >= 0.6 is 0 Å². The highest BCUT2D eigenvalue weighted by Crippen LogP contribution is 2.26. The molecule has 0 aromatic heterocycles. The van der Waals surface area contributed by atoms with Crippen molar-refractivity contribution in [2.75, 3.05) is 13.2 Å². The lowest BCUT2D eigenvalue weighted by molar-refractivity contribution is -0.150. The van der Waals surface area contributed by atoms with Gasteiger partial charge in [-0.3, -0.25) is 9.59 Å². The van der Waals surface area contributed by atoms with Crippen LogP contribution in [0.25, 0.3) is 0 Å². The maximum atomic E-state index is 11.8. The first-order chi connectivity index (χ1) is 15.2. The second-order valence-electron chi connectivity index (χ2n) is 9.48. The van der Waals surface area contributed by atoms with E-state index in [2.05, 4.69) is 6.92 Å². The maximum absolute atomic E-state index is 11.8. The van der Waals surface area contributed by atoms with E-state index in [-0.39, 0.29) is 24.8 Å². The van der Waals surface area contributed by atoms with Gasteiger partial charge < -0.3 is 9.47 Å². The minimum atomic E-state index is -0.275. The van der Waals surface area contributed by atoms with Crippen molar-refractivity contribution in [3.05, 3.63) is 0 Å². The van der Waals surface area contributed by atoms with Crippen LogP contribution in [0.3, 0.4) is 0 Å². The van der Waals surface area contributed by atoms with Gasteiger partial charge in [0.05, 0.1) is 26.1 Å². The Bertz CT molecular complexity index is 429. The van der Waals surface area contributed by atoms with E-state index in [1.165, 1.54) is 103 Å². The fraction of sp³-hybridized carbons (Fsp3) is 0.926. The van der Waals surface area contributed by atoms with Gasteiger partial charge in [-0.2, -0.15) is 0 Å². The lowest BCUT2D eigenvalue weighted by Gasteiger charge is -2.21. The SMILES string of the molecule is CCCCCCCCCCCCCCCOC(=O)CCC(=O)OCCC1CCCCC1. The number of esters is 2. The van der Waals surface area contributed by atoms with Gasteiger partial charge in [-0.05, 0) is 18.8 Å². The Labute approximate surface area is 192 Å². The molecule has 0 amide bonds. The summed E-state index contributed by atoms with van der Waals surface area (Å²) in [6.45, 7) is 3.24. The van der Waals surface area contributed by atoms with Gasteiger partial charge in [0, 0.05) is 0 Å². The normalized spacial score (nSPS) is 14.5. The van der Waals surface area contributed by atoms with Crippen molar-refractivity contribution >= 4 is 11.9 Å². The summed E-state index contributed by atoms with van der Waals surface area (Å²) in [6.07, 6.45) is 24.7. The van der Waals surface area contributed by atoms with Crippen LogP contribution in [0.1, 0.15) is 142 Å². The average molecular weight is 439 g/mol. The summed E-state index contributed by atoms with van der Waals surface area (Å²) in [4.78, 5) is 23.5. The van der Waals surface area contributed by atoms with Gasteiger partial charge >= 0.3 is 11.9 Å². The van der Waals surface area contributed by atoms with E-state index < -0.39 is 0 Å². The third-order valence-electron chi connectivity index (χ3n) is 6.56. The van der Waals surface area contributed by atoms with Crippen LogP contribution in [0, 0.1) is 5.92 Å². The molecule has 0 radical (unpaired) electrons. The summed E-state index contributed by atoms with van der Waals surface area (Å²) in [6, 6.07) is 0. The first-order valence-corrected chi connectivity index (χ1v) is 13.5. The molecule has 0 unspecified atom stereocenters. The Morgan fingerprint density at radius 2 is 1.06 bits per heavy atom. The molecule has 1 aliphatic rings. The van der Waals surface area contributed by atoms with E-state index in [0.717, 1.165) is 19.3 Å². The molecule has 0 spiro atoms. The van der Waals surface area contributed by atoms with Crippen LogP contribution in [-0.4, -0.2) is 25.2 Å². The highest BCUT2D eigenvalue weighted by molar-refractivity contribution is 5.77. The second-order valence-corrected chi connectivity index (χ2v) is 9.48. The molecule has 31 heavy (non-hydrogen) atoms. The molecule has 4 heteroatoms. The summed E-state index contributed by atoms with van der Waals surface area (Å²) >= 11 is 0. The first-order valence-electron chi connectivity index (χ1n) is 13.5. The fourth-order valence-electron chi connectivity index (χ4n) is 4.47. The summed E-state index contributed by atoms with van der Waals surface area (Å²) < 4.78 is 10.5. The molecule has 1 fully saturated rings. The Morgan fingerprint density at radius 1 is 0.613 bits per heavy atom. The molecule has 0 N–H and O–H groups in total. The van der Waals surface area contributed by atoms with Gasteiger partial charge in [0.15, 0.2) is 0 Å². The molecule has 1 rings (SSSR count). The van der Waals surface area contributed by atoms with E-state index in [1.807, 2.05) is 0 Å². The lowest BCUT2D eigenvalue weighted by Crippen LogP contribution is -2.14. The number of hydrogen-bond acceptors (Lipinski definition) is 4. The van der Waals surface area contributed by atoms with E-state index in [1.54, 1.807) is 0 Å². The third-order valence-corrected chi connectivity index (χ3v) is 6.56. The summed E-state index contributed by atoms with van der Waals surface area (Å²) in [5, 5.41) is 0. The highest BCUT2D eigenvalue weighted by atomic mass is 16.5. The molecule has 0 aliphatic heterocycles. The average Bonchev–Trinajstić information content (AvgIpc) is 2.78. The quantitative estimate of drug-likeness (QED) is 0.143. The van der Waals surface area contributed by atoms with Crippen molar-refractivity contribution in [1.82, 2.24) is 0 Å². The van der Waals surface area contributed by atoms with Crippen LogP contribution < -0.4 is 0 Å². The highest BCUT2D eigenvalue weighted by Gasteiger charge is 2.14. The summed E-state index contributed by atoms with van der Waals surface area (Å²) in [5.74, 6) is 0.170. The van der Waals surface area contributed by atoms with Crippen molar-refractivity contribution in [3.63, 3.8) is 0 Å². The zero-order valence-electron chi connectivity index (χ0n) is 20.5. The molecule has 0 atom stereocenters. The van der Waals surface area contributed by atoms with Crippen molar-refractivity contribution in [2.45, 2.75) is 142 Å². The van der Waals surface area contributed by atoms with E-state index in [4.69, 9.17) is 9.47 Å². The van der Waals surface area contributed by atoms with E-state index in [9.17, 15) is 9.59 Å². The number of carbonyl (C=O) groups is 2. The van der Waals surface area contributed by atoms with Gasteiger partial charge in [-0.25, -0.2) is 0 Å². The Hall–Kier alpha value is -1.06. The molecule has 1 aliphatic carbocycles. The predicted molar refractivity (Wildman–Crippen MR) is 128 cm³/mol. The smallest absolute Gasteiger partial charge is 0.306 e. The zero-order chi connectivity index (χ0) is 22.4.